The molecule has 0 radical (unpaired) electrons. The third kappa shape index (κ3) is 3.06. The zero-order chi connectivity index (χ0) is 12.8. The number of hydrogen-bond acceptors (Lipinski definition) is 3. The second-order valence-electron chi connectivity index (χ2n) is 3.01. The Bertz CT molecular complexity index is 490. The van der Waals surface area contributed by atoms with E-state index in [2.05, 4.69) is 9.53 Å². The average molecular weight is 236 g/mol. The molecule has 1 rings (SSSR count). The Hall–Kier alpha value is -2.33. The highest BCUT2D eigenvalue weighted by atomic mass is 19.1. The molecule has 5 nitrogen and oxygen atoms in total. The van der Waals surface area contributed by atoms with E-state index in [1.54, 1.807) is 6.92 Å². The van der Waals surface area contributed by atoms with E-state index in [1.807, 2.05) is 0 Å². The number of carbonyl (C=O) groups excluding carboxylic acids is 2. The van der Waals surface area contributed by atoms with Crippen LogP contribution >= 0.6 is 0 Å². The van der Waals surface area contributed by atoms with Gasteiger partial charge in [0.15, 0.2) is 0 Å². The summed E-state index contributed by atoms with van der Waals surface area (Å²) >= 11 is 0. The van der Waals surface area contributed by atoms with Crippen LogP contribution in [0.25, 0.3) is 5.53 Å². The molecule has 88 valence electrons. The van der Waals surface area contributed by atoms with Crippen LogP contribution in [0.2, 0.25) is 0 Å². The van der Waals surface area contributed by atoms with Crippen LogP contribution in [0.5, 0.6) is 0 Å². The fraction of sp³-hybridized carbons (Fsp3) is 0.182. The van der Waals surface area contributed by atoms with Gasteiger partial charge in [0.1, 0.15) is 5.82 Å². The van der Waals surface area contributed by atoms with Gasteiger partial charge in [-0.3, -0.25) is 4.79 Å². The SMILES string of the molecule is CCOC(=O)C(=[N+]=[N-])C(=O)c1ccc(F)cc1. The Labute approximate surface area is 96.4 Å². The third-order valence-electron chi connectivity index (χ3n) is 1.89. The van der Waals surface area contributed by atoms with Gasteiger partial charge in [-0.05, 0) is 31.2 Å². The smallest absolute Gasteiger partial charge is 0.446 e. The van der Waals surface area contributed by atoms with E-state index in [1.165, 1.54) is 12.1 Å². The van der Waals surface area contributed by atoms with Crippen molar-refractivity contribution in [2.75, 3.05) is 6.61 Å². The van der Waals surface area contributed by atoms with Crippen molar-refractivity contribution in [2.45, 2.75) is 6.92 Å². The highest BCUT2D eigenvalue weighted by Crippen LogP contribution is 2.04. The molecule has 0 N–H and O–H groups in total. The molecule has 1 aromatic rings. The van der Waals surface area contributed by atoms with Crippen LogP contribution in [0.1, 0.15) is 17.3 Å². The summed E-state index contributed by atoms with van der Waals surface area (Å²) in [5.74, 6) is -2.37. The van der Waals surface area contributed by atoms with Crippen molar-refractivity contribution in [3.63, 3.8) is 0 Å². The first-order valence-corrected chi connectivity index (χ1v) is 4.79. The number of carbonyl (C=O) groups is 2. The molecule has 0 unspecified atom stereocenters. The molecular weight excluding hydrogens is 227 g/mol. The van der Waals surface area contributed by atoms with E-state index in [-0.39, 0.29) is 12.2 Å². The normalized spacial score (nSPS) is 9.29. The van der Waals surface area contributed by atoms with Crippen molar-refractivity contribution >= 4 is 17.5 Å². The molecule has 0 amide bonds. The van der Waals surface area contributed by atoms with Crippen molar-refractivity contribution < 1.29 is 23.5 Å². The van der Waals surface area contributed by atoms with Gasteiger partial charge in [0.2, 0.25) is 0 Å². The number of ketones is 1. The lowest BCUT2D eigenvalue weighted by molar-refractivity contribution is -0.139. The molecule has 0 saturated heterocycles. The van der Waals surface area contributed by atoms with Crippen molar-refractivity contribution in [1.29, 1.82) is 0 Å². The van der Waals surface area contributed by atoms with Gasteiger partial charge < -0.3 is 10.3 Å². The van der Waals surface area contributed by atoms with E-state index < -0.39 is 23.3 Å². The summed E-state index contributed by atoms with van der Waals surface area (Å²) in [6.45, 7) is 1.60. The van der Waals surface area contributed by atoms with E-state index >= 15 is 0 Å². The van der Waals surface area contributed by atoms with Crippen LogP contribution in [-0.4, -0.2) is 28.9 Å². The molecule has 0 aromatic heterocycles. The van der Waals surface area contributed by atoms with Crippen LogP contribution < -0.4 is 0 Å². The summed E-state index contributed by atoms with van der Waals surface area (Å²) < 4.78 is 17.2. The fourth-order valence-electron chi connectivity index (χ4n) is 1.12. The van der Waals surface area contributed by atoms with Crippen molar-refractivity contribution in [3.05, 3.63) is 41.2 Å². The first-order chi connectivity index (χ1) is 8.10. The molecule has 0 spiro atoms. The monoisotopic (exact) mass is 236 g/mol. The number of esters is 1. The zero-order valence-corrected chi connectivity index (χ0v) is 9.01. The fourth-order valence-corrected chi connectivity index (χ4v) is 1.12. The molecule has 0 aliphatic rings. The molecule has 0 fully saturated rings. The molecule has 0 heterocycles. The van der Waals surface area contributed by atoms with Crippen LogP contribution in [0.15, 0.2) is 24.3 Å². The largest absolute Gasteiger partial charge is 0.457 e. The minimum Gasteiger partial charge on any atom is -0.457 e. The van der Waals surface area contributed by atoms with Gasteiger partial charge in [0.05, 0.1) is 6.61 Å². The van der Waals surface area contributed by atoms with Crippen molar-refractivity contribution in [1.82, 2.24) is 0 Å². The summed E-state index contributed by atoms with van der Waals surface area (Å²) in [6, 6.07) is 4.49. The van der Waals surface area contributed by atoms with Gasteiger partial charge in [-0.1, -0.05) is 0 Å². The van der Waals surface area contributed by atoms with Crippen LogP contribution in [0.4, 0.5) is 4.39 Å². The summed E-state index contributed by atoms with van der Waals surface area (Å²) in [7, 11) is 0. The number of rotatable bonds is 4. The Kier molecular flexibility index (Phi) is 4.25. The van der Waals surface area contributed by atoms with Crippen molar-refractivity contribution in [3.8, 4) is 0 Å². The summed E-state index contributed by atoms with van der Waals surface area (Å²) in [5.41, 5.74) is 7.90. The topological polar surface area (TPSA) is 79.8 Å². The molecule has 6 heteroatoms. The lowest BCUT2D eigenvalue weighted by atomic mass is 10.1. The van der Waals surface area contributed by atoms with Gasteiger partial charge in [0, 0.05) is 5.56 Å². The van der Waals surface area contributed by atoms with Crippen LogP contribution in [0.3, 0.4) is 0 Å². The second-order valence-corrected chi connectivity index (χ2v) is 3.01. The number of benzene rings is 1. The quantitative estimate of drug-likeness (QED) is 0.197. The van der Waals surface area contributed by atoms with Gasteiger partial charge in [-0.15, -0.1) is 0 Å². The number of ether oxygens (including phenoxy) is 1. The second kappa shape index (κ2) is 5.67. The number of Topliss-reactive ketones (excluding diaryl/α,β-unsaturated/α-hetero) is 1. The summed E-state index contributed by atoms with van der Waals surface area (Å²) in [5, 5.41) is 0. The van der Waals surface area contributed by atoms with E-state index in [4.69, 9.17) is 5.53 Å². The van der Waals surface area contributed by atoms with Gasteiger partial charge >= 0.3 is 11.7 Å². The lowest BCUT2D eigenvalue weighted by Crippen LogP contribution is -2.27. The van der Waals surface area contributed by atoms with E-state index in [0.717, 1.165) is 12.1 Å². The third-order valence-corrected chi connectivity index (χ3v) is 1.89. The molecule has 0 aliphatic carbocycles. The minimum atomic E-state index is -1.02. The first kappa shape index (κ1) is 12.7. The molecule has 0 aliphatic heterocycles. The molecule has 0 saturated carbocycles. The predicted octanol–water partition coefficient (Wildman–Crippen LogP) is 1.24. The molecule has 0 atom stereocenters. The van der Waals surface area contributed by atoms with E-state index in [9.17, 15) is 14.0 Å². The highest BCUT2D eigenvalue weighted by molar-refractivity contribution is 6.65. The number of halogens is 1. The minimum absolute atomic E-state index is 0.0345. The zero-order valence-electron chi connectivity index (χ0n) is 9.01. The molecule has 0 bridgehead atoms. The molecule has 1 aromatic carbocycles. The van der Waals surface area contributed by atoms with Crippen LogP contribution in [-0.2, 0) is 9.53 Å². The van der Waals surface area contributed by atoms with Gasteiger partial charge in [-0.25, -0.2) is 9.18 Å². The number of nitrogens with zero attached hydrogens (tertiary/aromatic N) is 2. The summed E-state index contributed by atoms with van der Waals surface area (Å²) in [4.78, 5) is 25.5. The Morgan fingerprint density at radius 1 is 1.35 bits per heavy atom. The Balaban J connectivity index is 2.99. The number of hydrogen-bond donors (Lipinski definition) is 0. The standard InChI is InChI=1S/C11H9FN2O3/c1-2-17-11(16)9(14-13)10(15)7-3-5-8(12)6-4-7/h3-6H,2H2,1H3. The van der Waals surface area contributed by atoms with Crippen molar-refractivity contribution in [2.24, 2.45) is 0 Å². The first-order valence-electron chi connectivity index (χ1n) is 4.79. The molecule has 17 heavy (non-hydrogen) atoms. The van der Waals surface area contributed by atoms with Crippen LogP contribution in [0, 0.1) is 5.82 Å². The van der Waals surface area contributed by atoms with E-state index in [0.29, 0.717) is 0 Å². The van der Waals surface area contributed by atoms with Gasteiger partial charge in [-0.2, -0.15) is 4.79 Å². The highest BCUT2D eigenvalue weighted by Gasteiger charge is 2.31. The maximum Gasteiger partial charge on any atom is 0.446 e. The van der Waals surface area contributed by atoms with Gasteiger partial charge in [0.25, 0.3) is 5.78 Å². The summed E-state index contributed by atoms with van der Waals surface area (Å²) in [6.07, 6.45) is 0. The maximum atomic E-state index is 12.6. The Morgan fingerprint density at radius 3 is 2.41 bits per heavy atom. The molecular formula is C11H9FN2O3. The Morgan fingerprint density at radius 2 is 1.94 bits per heavy atom. The predicted molar refractivity (Wildman–Crippen MR) is 56.0 cm³/mol. The lowest BCUT2D eigenvalue weighted by Gasteiger charge is -1.97. The average Bonchev–Trinajstić information content (AvgIpc) is 2.31. The maximum absolute atomic E-state index is 12.6.